The van der Waals surface area contributed by atoms with E-state index in [0.717, 1.165) is 114 Å². The lowest BCUT2D eigenvalue weighted by Gasteiger charge is -2.21. The summed E-state index contributed by atoms with van der Waals surface area (Å²) in [7, 11) is -9.92. The van der Waals surface area contributed by atoms with Crippen LogP contribution in [0.4, 0.5) is 0 Å². The van der Waals surface area contributed by atoms with E-state index in [9.17, 15) is 43.2 Å². The molecule has 0 spiro atoms. The van der Waals surface area contributed by atoms with Crippen molar-refractivity contribution in [2.24, 2.45) is 23.7 Å². The zero-order valence-electron chi connectivity index (χ0n) is 63.0. The molecular formula is C77H150O17P2. The first-order valence-corrected chi connectivity index (χ1v) is 42.8. The number of phosphoric acid groups is 2. The highest BCUT2D eigenvalue weighted by molar-refractivity contribution is 7.47. The number of unbranched alkanes of at least 4 members (excludes halogenated alkanes) is 37. The molecule has 96 heavy (non-hydrogen) atoms. The molecule has 0 aromatic rings. The van der Waals surface area contributed by atoms with Crippen molar-refractivity contribution in [1.29, 1.82) is 0 Å². The number of aliphatic hydroxyl groups excluding tert-OH is 1. The minimum atomic E-state index is -4.96. The quantitative estimate of drug-likeness (QED) is 0.0222. The summed E-state index contributed by atoms with van der Waals surface area (Å²) in [5.74, 6) is 1.04. The second-order valence-corrected chi connectivity index (χ2v) is 31.9. The monoisotopic (exact) mass is 1410 g/mol. The molecular weight excluding hydrogens is 1260 g/mol. The molecule has 0 amide bonds. The highest BCUT2D eigenvalue weighted by atomic mass is 31.2. The molecule has 0 rings (SSSR count). The van der Waals surface area contributed by atoms with Crippen LogP contribution in [0.3, 0.4) is 0 Å². The van der Waals surface area contributed by atoms with E-state index >= 15 is 0 Å². The van der Waals surface area contributed by atoms with Crippen molar-refractivity contribution < 1.29 is 80.2 Å². The van der Waals surface area contributed by atoms with Gasteiger partial charge in [0.2, 0.25) is 0 Å². The van der Waals surface area contributed by atoms with Crippen LogP contribution in [-0.2, 0) is 65.4 Å². The fraction of sp³-hybridized carbons (Fsp3) is 0.948. The zero-order valence-corrected chi connectivity index (χ0v) is 64.8. The van der Waals surface area contributed by atoms with Crippen LogP contribution in [0, 0.1) is 23.7 Å². The topological polar surface area (TPSA) is 237 Å². The maximum absolute atomic E-state index is 13.1. The van der Waals surface area contributed by atoms with Gasteiger partial charge in [0.1, 0.15) is 19.3 Å². The van der Waals surface area contributed by atoms with E-state index in [0.29, 0.717) is 31.6 Å². The van der Waals surface area contributed by atoms with Gasteiger partial charge in [0.15, 0.2) is 12.2 Å². The average Bonchev–Trinajstić information content (AvgIpc) is 1.97. The minimum Gasteiger partial charge on any atom is -0.462 e. The van der Waals surface area contributed by atoms with E-state index in [1.54, 1.807) is 0 Å². The van der Waals surface area contributed by atoms with Gasteiger partial charge in [0.25, 0.3) is 0 Å². The second-order valence-electron chi connectivity index (χ2n) is 28.9. The Balaban J connectivity index is 5.25. The van der Waals surface area contributed by atoms with Crippen LogP contribution in [0.5, 0.6) is 0 Å². The standard InChI is InChI=1S/C77H150O17P2/c1-9-68(6)54-46-38-30-22-16-14-12-13-15-17-26-34-43-51-59-76(81)94-73(64-88-75(80)58-50-42-36-28-29-37-45-53-67(4)5)66-92-96(85,86)90-62-71(78)61-89-95(83,84)91-65-72(93-77(82)60-52-44-35-27-21-19-24-32-40-48-56-70(8)11-3)63-87-74(79)57-49-41-33-25-20-18-23-31-39-47-55-69(7)10-2/h67-73,78H,9-66H2,1-8H3,(H,83,84)(H,85,86)/t68?,69?,70?,71?,72-,73-/m1/s1. The van der Waals surface area contributed by atoms with Crippen molar-refractivity contribution in [1.82, 2.24) is 0 Å². The van der Waals surface area contributed by atoms with E-state index in [4.69, 9.17) is 37.0 Å². The molecule has 570 valence electrons. The Kier molecular flexibility index (Phi) is 65.0. The van der Waals surface area contributed by atoms with Gasteiger partial charge in [-0.25, -0.2) is 9.13 Å². The molecule has 0 aliphatic heterocycles. The molecule has 19 heteroatoms. The van der Waals surface area contributed by atoms with Crippen LogP contribution < -0.4 is 0 Å². The van der Waals surface area contributed by atoms with Gasteiger partial charge in [-0.15, -0.1) is 0 Å². The number of carbonyl (C=O) groups excluding carboxylic acids is 4. The van der Waals surface area contributed by atoms with E-state index < -0.39 is 97.5 Å². The molecule has 0 radical (unpaired) electrons. The van der Waals surface area contributed by atoms with Crippen molar-refractivity contribution in [2.75, 3.05) is 39.6 Å². The van der Waals surface area contributed by atoms with Gasteiger partial charge in [-0.3, -0.25) is 37.3 Å². The third kappa shape index (κ3) is 66.6. The molecule has 8 atom stereocenters. The number of hydrogen-bond donors (Lipinski definition) is 3. The lowest BCUT2D eigenvalue weighted by Crippen LogP contribution is -2.30. The average molecular weight is 1410 g/mol. The number of aliphatic hydroxyl groups is 1. The zero-order chi connectivity index (χ0) is 71.0. The summed E-state index contributed by atoms with van der Waals surface area (Å²) in [6.45, 7) is 14.3. The number of esters is 4. The smallest absolute Gasteiger partial charge is 0.462 e. The maximum atomic E-state index is 13.1. The first kappa shape index (κ1) is 94.1. The fourth-order valence-corrected chi connectivity index (χ4v) is 13.2. The summed E-state index contributed by atoms with van der Waals surface area (Å²) >= 11 is 0. The van der Waals surface area contributed by atoms with Gasteiger partial charge >= 0.3 is 39.5 Å². The van der Waals surface area contributed by atoms with E-state index in [1.807, 2.05) is 0 Å². The molecule has 0 fully saturated rings. The van der Waals surface area contributed by atoms with E-state index in [1.165, 1.54) is 186 Å². The Bertz CT molecular complexity index is 1890. The SMILES string of the molecule is CCC(C)CCCCCCCCCCCCCCCCC(=O)O[C@H](COC(=O)CCCCCCCCCC(C)C)COP(=O)(O)OCC(O)COP(=O)(O)OC[C@@H](COC(=O)CCCCCCCCCCCCC(C)CC)OC(=O)CCCCCCCCCCCCC(C)CC. The van der Waals surface area contributed by atoms with Gasteiger partial charge in [-0.1, -0.05) is 338 Å². The van der Waals surface area contributed by atoms with Gasteiger partial charge in [0.05, 0.1) is 26.4 Å². The van der Waals surface area contributed by atoms with Crippen LogP contribution >= 0.6 is 15.6 Å². The Labute approximate surface area is 588 Å². The summed E-state index contributed by atoms with van der Waals surface area (Å²) in [5.41, 5.74) is 0. The molecule has 6 unspecified atom stereocenters. The molecule has 0 saturated heterocycles. The van der Waals surface area contributed by atoms with Crippen molar-refractivity contribution in [3.63, 3.8) is 0 Å². The summed E-state index contributed by atoms with van der Waals surface area (Å²) in [5, 5.41) is 10.6. The lowest BCUT2D eigenvalue weighted by molar-refractivity contribution is -0.161. The fourth-order valence-electron chi connectivity index (χ4n) is 11.6. The molecule has 0 aliphatic rings. The van der Waals surface area contributed by atoms with Crippen molar-refractivity contribution >= 4 is 39.5 Å². The Morgan fingerprint density at radius 3 is 0.740 bits per heavy atom. The highest BCUT2D eigenvalue weighted by Gasteiger charge is 2.30. The van der Waals surface area contributed by atoms with Gasteiger partial charge in [-0.05, 0) is 49.4 Å². The third-order valence-corrected chi connectivity index (χ3v) is 20.8. The van der Waals surface area contributed by atoms with Crippen molar-refractivity contribution in [2.45, 2.75) is 408 Å². The molecule has 0 aromatic heterocycles. The normalized spacial score (nSPS) is 15.0. The molecule has 3 N–H and O–H groups in total. The molecule has 0 bridgehead atoms. The molecule has 0 aromatic carbocycles. The first-order chi connectivity index (χ1) is 46.2. The summed E-state index contributed by atoms with van der Waals surface area (Å²) in [4.78, 5) is 72.9. The largest absolute Gasteiger partial charge is 0.472 e. The number of carbonyl (C=O) groups is 4. The number of rotatable bonds is 74. The number of ether oxygens (including phenoxy) is 4. The van der Waals surface area contributed by atoms with Crippen molar-refractivity contribution in [3.8, 4) is 0 Å². The Hall–Kier alpha value is -1.94. The van der Waals surface area contributed by atoms with Crippen LogP contribution in [0.15, 0.2) is 0 Å². The van der Waals surface area contributed by atoms with E-state index in [2.05, 4.69) is 55.4 Å². The molecule has 0 heterocycles. The predicted octanol–water partition coefficient (Wildman–Crippen LogP) is 22.4. The van der Waals surface area contributed by atoms with Crippen LogP contribution in [0.2, 0.25) is 0 Å². The molecule has 17 nitrogen and oxygen atoms in total. The van der Waals surface area contributed by atoms with Crippen LogP contribution in [0.25, 0.3) is 0 Å². The summed E-state index contributed by atoms with van der Waals surface area (Å²) < 4.78 is 68.6. The molecule has 0 saturated carbocycles. The van der Waals surface area contributed by atoms with Gasteiger partial charge in [-0.2, -0.15) is 0 Å². The summed E-state index contributed by atoms with van der Waals surface area (Å²) in [6, 6.07) is 0. The lowest BCUT2D eigenvalue weighted by atomic mass is 9.99. The Morgan fingerprint density at radius 2 is 0.500 bits per heavy atom. The number of phosphoric ester groups is 2. The minimum absolute atomic E-state index is 0.106. The summed E-state index contributed by atoms with van der Waals surface area (Å²) in [6.07, 6.45) is 51.2. The first-order valence-electron chi connectivity index (χ1n) is 39.8. The Morgan fingerprint density at radius 1 is 0.292 bits per heavy atom. The van der Waals surface area contributed by atoms with Crippen LogP contribution in [-0.4, -0.2) is 96.7 Å². The second kappa shape index (κ2) is 66.3. The van der Waals surface area contributed by atoms with E-state index in [-0.39, 0.29) is 25.7 Å². The maximum Gasteiger partial charge on any atom is 0.472 e. The van der Waals surface area contributed by atoms with Gasteiger partial charge < -0.3 is 33.8 Å². The van der Waals surface area contributed by atoms with Crippen LogP contribution in [0.1, 0.15) is 389 Å². The third-order valence-electron chi connectivity index (χ3n) is 18.9. The number of hydrogen-bond acceptors (Lipinski definition) is 15. The predicted molar refractivity (Wildman–Crippen MR) is 391 cm³/mol. The van der Waals surface area contributed by atoms with Gasteiger partial charge in [0, 0.05) is 25.7 Å². The van der Waals surface area contributed by atoms with Crippen molar-refractivity contribution in [3.05, 3.63) is 0 Å². The molecule has 0 aliphatic carbocycles. The highest BCUT2D eigenvalue weighted by Crippen LogP contribution is 2.45.